The fraction of sp³-hybridized carbons (Fsp3) is 0.333. The van der Waals surface area contributed by atoms with Crippen LogP contribution in [0.3, 0.4) is 0 Å². The molecule has 10 heteroatoms. The van der Waals surface area contributed by atoms with Crippen LogP contribution in [0, 0.1) is 10.1 Å². The van der Waals surface area contributed by atoms with E-state index in [0.717, 1.165) is 6.07 Å². The smallest absolute Gasteiger partial charge is 0.433 e. The van der Waals surface area contributed by atoms with Gasteiger partial charge in [0.1, 0.15) is 16.4 Å². The molecule has 1 aliphatic heterocycles. The lowest BCUT2D eigenvalue weighted by Crippen LogP contribution is -2.50. The number of nitro groups is 1. The third-order valence-electron chi connectivity index (χ3n) is 4.44. The summed E-state index contributed by atoms with van der Waals surface area (Å²) >= 11 is 0. The van der Waals surface area contributed by atoms with Gasteiger partial charge in [-0.2, -0.15) is 0 Å². The van der Waals surface area contributed by atoms with Gasteiger partial charge in [0.15, 0.2) is 5.76 Å². The fourth-order valence-corrected chi connectivity index (χ4v) is 2.92. The zero-order valence-corrected chi connectivity index (χ0v) is 15.4. The number of carbonyl (C=O) groups is 2. The van der Waals surface area contributed by atoms with Crippen LogP contribution in [0.15, 0.2) is 34.7 Å². The summed E-state index contributed by atoms with van der Waals surface area (Å²) in [7, 11) is 3.01. The van der Waals surface area contributed by atoms with E-state index in [1.54, 1.807) is 23.1 Å². The van der Waals surface area contributed by atoms with Crippen molar-refractivity contribution in [1.82, 2.24) is 9.80 Å². The lowest BCUT2D eigenvalue weighted by Gasteiger charge is -2.34. The summed E-state index contributed by atoms with van der Waals surface area (Å²) in [6.45, 7) is 1.24. The van der Waals surface area contributed by atoms with Gasteiger partial charge >= 0.3 is 5.88 Å². The second kappa shape index (κ2) is 7.99. The first kappa shape index (κ1) is 19.2. The van der Waals surface area contributed by atoms with E-state index in [-0.39, 0.29) is 11.7 Å². The number of hydrogen-bond donors (Lipinski definition) is 0. The number of ether oxygens (including phenoxy) is 2. The van der Waals surface area contributed by atoms with Crippen molar-refractivity contribution in [1.29, 1.82) is 0 Å². The van der Waals surface area contributed by atoms with E-state index in [1.807, 2.05) is 0 Å². The first-order chi connectivity index (χ1) is 13.4. The van der Waals surface area contributed by atoms with Gasteiger partial charge < -0.3 is 23.7 Å². The molecule has 1 fully saturated rings. The lowest BCUT2D eigenvalue weighted by atomic mass is 10.1. The number of rotatable bonds is 5. The van der Waals surface area contributed by atoms with E-state index in [2.05, 4.69) is 0 Å². The molecule has 148 valence electrons. The minimum atomic E-state index is -0.699. The number of benzene rings is 1. The number of piperazine rings is 1. The monoisotopic (exact) mass is 389 g/mol. The molecule has 0 unspecified atom stereocenters. The zero-order valence-electron chi connectivity index (χ0n) is 15.4. The zero-order chi connectivity index (χ0) is 20.3. The molecule has 0 saturated carbocycles. The summed E-state index contributed by atoms with van der Waals surface area (Å²) in [4.78, 5) is 38.3. The molecule has 28 heavy (non-hydrogen) atoms. The van der Waals surface area contributed by atoms with E-state index in [9.17, 15) is 19.7 Å². The quantitative estimate of drug-likeness (QED) is 0.565. The molecule has 0 aliphatic carbocycles. The molecule has 0 spiro atoms. The molecule has 1 aliphatic rings. The van der Waals surface area contributed by atoms with Gasteiger partial charge in [0.2, 0.25) is 0 Å². The average Bonchev–Trinajstić information content (AvgIpc) is 3.23. The maximum atomic E-state index is 12.8. The Hall–Kier alpha value is -3.56. The van der Waals surface area contributed by atoms with Crippen LogP contribution in [0.5, 0.6) is 11.5 Å². The van der Waals surface area contributed by atoms with Gasteiger partial charge in [-0.3, -0.25) is 19.7 Å². The van der Waals surface area contributed by atoms with Crippen molar-refractivity contribution in [2.75, 3.05) is 40.4 Å². The van der Waals surface area contributed by atoms with Crippen LogP contribution in [-0.2, 0) is 0 Å². The first-order valence-electron chi connectivity index (χ1n) is 8.48. The molecule has 0 bridgehead atoms. The Kier molecular flexibility index (Phi) is 5.48. The Morgan fingerprint density at radius 3 is 1.96 bits per heavy atom. The third-order valence-corrected chi connectivity index (χ3v) is 4.44. The van der Waals surface area contributed by atoms with Crippen LogP contribution in [-0.4, -0.2) is 66.9 Å². The van der Waals surface area contributed by atoms with Crippen molar-refractivity contribution in [3.63, 3.8) is 0 Å². The molecule has 1 saturated heterocycles. The number of carbonyl (C=O) groups excluding carboxylic acids is 2. The highest BCUT2D eigenvalue weighted by molar-refractivity contribution is 5.96. The molecule has 2 aromatic rings. The molecule has 0 radical (unpaired) electrons. The molecule has 2 heterocycles. The van der Waals surface area contributed by atoms with Gasteiger partial charge in [0, 0.05) is 37.8 Å². The minimum Gasteiger partial charge on any atom is -0.497 e. The topological polar surface area (TPSA) is 115 Å². The van der Waals surface area contributed by atoms with E-state index in [4.69, 9.17) is 13.9 Å². The Balaban J connectivity index is 1.65. The Bertz CT molecular complexity index is 878. The predicted molar refractivity (Wildman–Crippen MR) is 96.7 cm³/mol. The second-order valence-electron chi connectivity index (χ2n) is 6.08. The van der Waals surface area contributed by atoms with Crippen LogP contribution >= 0.6 is 0 Å². The summed E-state index contributed by atoms with van der Waals surface area (Å²) in [6.07, 6.45) is 0. The van der Waals surface area contributed by atoms with E-state index in [0.29, 0.717) is 43.2 Å². The van der Waals surface area contributed by atoms with Gasteiger partial charge in [-0.1, -0.05) is 0 Å². The maximum Gasteiger partial charge on any atom is 0.433 e. The van der Waals surface area contributed by atoms with Crippen molar-refractivity contribution in [3.05, 3.63) is 51.8 Å². The molecule has 1 aromatic heterocycles. The normalized spacial score (nSPS) is 13.9. The summed E-state index contributed by atoms with van der Waals surface area (Å²) in [5.74, 6) is -0.193. The lowest BCUT2D eigenvalue weighted by molar-refractivity contribution is -0.402. The van der Waals surface area contributed by atoms with Gasteiger partial charge in [-0.15, -0.1) is 0 Å². The van der Waals surface area contributed by atoms with Crippen LogP contribution in [0.25, 0.3) is 0 Å². The number of methoxy groups -OCH3 is 2. The summed E-state index contributed by atoms with van der Waals surface area (Å²) in [6, 6.07) is 7.36. The van der Waals surface area contributed by atoms with Crippen molar-refractivity contribution < 1.29 is 28.4 Å². The standard InChI is InChI=1S/C18H19N3O7/c1-26-13-9-12(10-14(11-13)27-2)17(22)19-5-7-20(8-6-19)18(23)15-3-4-16(28-15)21(24)25/h3-4,9-11H,5-8H2,1-2H3. The predicted octanol–water partition coefficient (Wildman–Crippen LogP) is 1.80. The maximum absolute atomic E-state index is 12.8. The number of amides is 2. The van der Waals surface area contributed by atoms with Gasteiger partial charge in [0.25, 0.3) is 11.8 Å². The molecule has 1 aromatic carbocycles. The Morgan fingerprint density at radius 2 is 1.50 bits per heavy atom. The van der Waals surface area contributed by atoms with Gasteiger partial charge in [-0.05, 0) is 18.2 Å². The molecule has 3 rings (SSSR count). The average molecular weight is 389 g/mol. The molecular formula is C18H19N3O7. The molecule has 0 N–H and O–H groups in total. The number of nitrogens with zero attached hydrogens (tertiary/aromatic N) is 3. The van der Waals surface area contributed by atoms with Crippen LogP contribution in [0.1, 0.15) is 20.9 Å². The van der Waals surface area contributed by atoms with Crippen LogP contribution in [0.4, 0.5) is 5.88 Å². The first-order valence-corrected chi connectivity index (χ1v) is 8.48. The van der Waals surface area contributed by atoms with Crippen molar-refractivity contribution in [3.8, 4) is 11.5 Å². The van der Waals surface area contributed by atoms with Crippen molar-refractivity contribution in [2.24, 2.45) is 0 Å². The summed E-state index contributed by atoms with van der Waals surface area (Å²) in [5.41, 5.74) is 0.428. The summed E-state index contributed by atoms with van der Waals surface area (Å²) in [5, 5.41) is 10.7. The minimum absolute atomic E-state index is 0.0935. The third kappa shape index (κ3) is 3.90. The largest absolute Gasteiger partial charge is 0.497 e. The molecule has 2 amide bonds. The Labute approximate surface area is 160 Å². The highest BCUT2D eigenvalue weighted by atomic mass is 16.6. The number of hydrogen-bond acceptors (Lipinski definition) is 7. The summed E-state index contributed by atoms with van der Waals surface area (Å²) < 4.78 is 15.3. The molecular weight excluding hydrogens is 370 g/mol. The molecule has 0 atom stereocenters. The second-order valence-corrected chi connectivity index (χ2v) is 6.08. The van der Waals surface area contributed by atoms with Gasteiger partial charge in [-0.25, -0.2) is 0 Å². The van der Waals surface area contributed by atoms with E-state index in [1.165, 1.54) is 25.2 Å². The van der Waals surface area contributed by atoms with Crippen LogP contribution in [0.2, 0.25) is 0 Å². The van der Waals surface area contributed by atoms with E-state index >= 15 is 0 Å². The Morgan fingerprint density at radius 1 is 0.964 bits per heavy atom. The van der Waals surface area contributed by atoms with Gasteiger partial charge in [0.05, 0.1) is 20.3 Å². The van der Waals surface area contributed by atoms with Crippen molar-refractivity contribution >= 4 is 17.7 Å². The SMILES string of the molecule is COc1cc(OC)cc(C(=O)N2CCN(C(=O)c3ccc([N+](=O)[O-])o3)CC2)c1. The number of furan rings is 1. The van der Waals surface area contributed by atoms with E-state index < -0.39 is 16.7 Å². The van der Waals surface area contributed by atoms with Crippen molar-refractivity contribution in [2.45, 2.75) is 0 Å². The van der Waals surface area contributed by atoms with Crippen LogP contribution < -0.4 is 9.47 Å². The highest BCUT2D eigenvalue weighted by Crippen LogP contribution is 2.24. The molecule has 10 nitrogen and oxygen atoms in total. The fourth-order valence-electron chi connectivity index (χ4n) is 2.92. The highest BCUT2D eigenvalue weighted by Gasteiger charge is 2.28.